The van der Waals surface area contributed by atoms with E-state index in [9.17, 15) is 0 Å². The molecule has 8 rings (SSSR count). The summed E-state index contributed by atoms with van der Waals surface area (Å²) in [6, 6.07) is 32.5. The fraction of sp³-hybridized carbons (Fsp3) is 0.211. The fourth-order valence-corrected chi connectivity index (χ4v) is 5.17. The molecular formula is C38H37ClN8. The van der Waals surface area contributed by atoms with E-state index >= 15 is 0 Å². The van der Waals surface area contributed by atoms with E-state index in [2.05, 4.69) is 77.4 Å². The number of hydrogen-bond donors (Lipinski definition) is 2. The van der Waals surface area contributed by atoms with E-state index < -0.39 is 0 Å². The average Bonchev–Trinajstić information content (AvgIpc) is 4.08. The van der Waals surface area contributed by atoms with Gasteiger partial charge in [0.25, 0.3) is 0 Å². The third-order valence-electron chi connectivity index (χ3n) is 8.22. The lowest BCUT2D eigenvalue weighted by Gasteiger charge is -2.12. The predicted octanol–water partition coefficient (Wildman–Crippen LogP) is 8.48. The first kappa shape index (κ1) is 31.8. The summed E-state index contributed by atoms with van der Waals surface area (Å²) in [4.78, 5) is 8.22. The van der Waals surface area contributed by atoms with E-state index in [1.54, 1.807) is 0 Å². The first-order valence-corrected chi connectivity index (χ1v) is 15.9. The van der Waals surface area contributed by atoms with Crippen LogP contribution in [-0.4, -0.2) is 43.5 Å². The summed E-state index contributed by atoms with van der Waals surface area (Å²) >= 11 is 0. The molecule has 8 nitrogen and oxygen atoms in total. The van der Waals surface area contributed by atoms with E-state index in [0.717, 1.165) is 81.3 Å². The van der Waals surface area contributed by atoms with Gasteiger partial charge in [0.05, 0.1) is 11.4 Å². The number of rotatable bonds is 10. The second kappa shape index (κ2) is 15.4. The zero-order valence-electron chi connectivity index (χ0n) is 26.0. The molecule has 2 aromatic carbocycles. The molecule has 47 heavy (non-hydrogen) atoms. The van der Waals surface area contributed by atoms with Crippen molar-refractivity contribution >= 4 is 24.0 Å². The number of halogens is 1. The van der Waals surface area contributed by atoms with Gasteiger partial charge in [-0.3, -0.25) is 9.97 Å². The first-order valence-electron chi connectivity index (χ1n) is 15.9. The van der Waals surface area contributed by atoms with Crippen molar-refractivity contribution in [3.05, 3.63) is 122 Å². The normalized spacial score (nSPS) is 13.4. The summed E-state index contributed by atoms with van der Waals surface area (Å²) in [5.41, 5.74) is 8.26. The van der Waals surface area contributed by atoms with Gasteiger partial charge in [-0.2, -0.15) is 0 Å². The van der Waals surface area contributed by atoms with Gasteiger partial charge in [-0.15, -0.1) is 32.8 Å². The molecule has 4 aromatic heterocycles. The maximum atomic E-state index is 4.45. The number of aromatic nitrogens is 6. The van der Waals surface area contributed by atoms with E-state index in [-0.39, 0.29) is 12.4 Å². The van der Waals surface area contributed by atoms with Crippen LogP contribution < -0.4 is 10.6 Å². The number of nitrogens with zero attached hydrogens (tertiary/aromatic N) is 6. The smallest absolute Gasteiger partial charge is 0.156 e. The number of pyridine rings is 2. The van der Waals surface area contributed by atoms with Crippen LogP contribution in [0.2, 0.25) is 0 Å². The summed E-state index contributed by atoms with van der Waals surface area (Å²) in [6.45, 7) is 1.94. The molecule has 0 amide bonds. The highest BCUT2D eigenvalue weighted by atomic mass is 35.5. The standard InChI is InChI=1S/2C19H18N4.ClH/c2*1-2-4-16(5-3-1)18-12-17(15-8-10-20-11-9-15)19(23-22-18)21-13-14-6-7-14;/h2*1-5,8-12,14H,6-7,13H2,(H,21,23);1H. The Morgan fingerprint density at radius 3 is 1.21 bits per heavy atom. The Bertz CT molecular complexity index is 1710. The maximum Gasteiger partial charge on any atom is 0.156 e. The van der Waals surface area contributed by atoms with Gasteiger partial charge in [0.2, 0.25) is 0 Å². The predicted molar refractivity (Wildman–Crippen MR) is 191 cm³/mol. The minimum atomic E-state index is 0. The molecule has 0 saturated heterocycles. The van der Waals surface area contributed by atoms with Gasteiger partial charge < -0.3 is 10.6 Å². The minimum Gasteiger partial charge on any atom is -0.368 e. The van der Waals surface area contributed by atoms with Gasteiger partial charge in [0.1, 0.15) is 0 Å². The fourth-order valence-electron chi connectivity index (χ4n) is 5.17. The molecule has 0 aliphatic heterocycles. The molecule has 0 unspecified atom stereocenters. The third-order valence-corrected chi connectivity index (χ3v) is 8.22. The summed E-state index contributed by atoms with van der Waals surface area (Å²) in [5.74, 6) is 3.28. The highest BCUT2D eigenvalue weighted by Crippen LogP contribution is 2.34. The lowest BCUT2D eigenvalue weighted by molar-refractivity contribution is 0.874. The Labute approximate surface area is 281 Å². The summed E-state index contributed by atoms with van der Waals surface area (Å²) in [7, 11) is 0. The molecular weight excluding hydrogens is 604 g/mol. The van der Waals surface area contributed by atoms with E-state index in [1.807, 2.05) is 85.5 Å². The van der Waals surface area contributed by atoms with Crippen molar-refractivity contribution in [1.82, 2.24) is 30.4 Å². The monoisotopic (exact) mass is 640 g/mol. The Morgan fingerprint density at radius 1 is 0.468 bits per heavy atom. The molecule has 0 radical (unpaired) electrons. The SMILES string of the molecule is Cl.c1ccc(-c2cc(-c3ccncc3)c(NCC3CC3)nn2)cc1.c1ccc(-c2cc(-c3ccncc3)c(NCC3CC3)nn2)cc1. The first-order chi connectivity index (χ1) is 22.8. The van der Waals surface area contributed by atoms with Gasteiger partial charge in [0.15, 0.2) is 11.6 Å². The van der Waals surface area contributed by atoms with Crippen molar-refractivity contribution in [2.24, 2.45) is 11.8 Å². The van der Waals surface area contributed by atoms with E-state index in [1.165, 1.54) is 25.7 Å². The van der Waals surface area contributed by atoms with Crippen LogP contribution in [0, 0.1) is 11.8 Å². The Hall–Kier alpha value is -5.21. The van der Waals surface area contributed by atoms with Crippen LogP contribution in [-0.2, 0) is 0 Å². The van der Waals surface area contributed by atoms with Crippen LogP contribution >= 0.6 is 12.4 Å². The Kier molecular flexibility index (Phi) is 10.4. The average molecular weight is 641 g/mol. The molecule has 0 spiro atoms. The van der Waals surface area contributed by atoms with Crippen molar-refractivity contribution in [1.29, 1.82) is 0 Å². The lowest BCUT2D eigenvalue weighted by atomic mass is 10.0. The summed E-state index contributed by atoms with van der Waals surface area (Å²) < 4.78 is 0. The summed E-state index contributed by atoms with van der Waals surface area (Å²) in [5, 5.41) is 24.6. The number of benzene rings is 2. The highest BCUT2D eigenvalue weighted by Gasteiger charge is 2.23. The number of hydrogen-bond acceptors (Lipinski definition) is 8. The molecule has 2 N–H and O–H groups in total. The number of anilines is 2. The van der Waals surface area contributed by atoms with E-state index in [0.29, 0.717) is 0 Å². The zero-order valence-corrected chi connectivity index (χ0v) is 26.9. The molecule has 2 fully saturated rings. The van der Waals surface area contributed by atoms with Crippen LogP contribution in [0.25, 0.3) is 44.8 Å². The minimum absolute atomic E-state index is 0. The van der Waals surface area contributed by atoms with Crippen LogP contribution in [0.3, 0.4) is 0 Å². The van der Waals surface area contributed by atoms with Gasteiger partial charge in [-0.05, 0) is 85.0 Å². The van der Waals surface area contributed by atoms with E-state index in [4.69, 9.17) is 0 Å². The van der Waals surface area contributed by atoms with Gasteiger partial charge in [0, 0.05) is 60.1 Å². The van der Waals surface area contributed by atoms with Crippen LogP contribution in [0.4, 0.5) is 11.6 Å². The van der Waals surface area contributed by atoms with Gasteiger partial charge in [-0.25, -0.2) is 0 Å². The van der Waals surface area contributed by atoms with Crippen molar-refractivity contribution in [2.75, 3.05) is 23.7 Å². The molecule has 6 aromatic rings. The number of nitrogens with one attached hydrogen (secondary N) is 2. The van der Waals surface area contributed by atoms with Gasteiger partial charge >= 0.3 is 0 Å². The quantitative estimate of drug-likeness (QED) is 0.154. The molecule has 236 valence electrons. The largest absolute Gasteiger partial charge is 0.368 e. The van der Waals surface area contributed by atoms with Crippen molar-refractivity contribution in [3.63, 3.8) is 0 Å². The molecule has 0 bridgehead atoms. The van der Waals surface area contributed by atoms with Gasteiger partial charge in [-0.1, -0.05) is 60.7 Å². The molecule has 9 heteroatoms. The van der Waals surface area contributed by atoms with Crippen molar-refractivity contribution in [3.8, 4) is 44.8 Å². The van der Waals surface area contributed by atoms with Crippen molar-refractivity contribution in [2.45, 2.75) is 25.7 Å². The molecule has 2 aliphatic carbocycles. The van der Waals surface area contributed by atoms with Crippen LogP contribution in [0.5, 0.6) is 0 Å². The maximum absolute atomic E-state index is 4.45. The topological polar surface area (TPSA) is 101 Å². The zero-order chi connectivity index (χ0) is 31.0. The second-order valence-corrected chi connectivity index (χ2v) is 11.8. The molecule has 2 saturated carbocycles. The molecule has 2 aliphatic rings. The third kappa shape index (κ3) is 8.54. The Balaban J connectivity index is 0.000000161. The Morgan fingerprint density at radius 2 is 0.851 bits per heavy atom. The van der Waals surface area contributed by atoms with Crippen LogP contribution in [0.15, 0.2) is 122 Å². The molecule has 0 atom stereocenters. The highest BCUT2D eigenvalue weighted by molar-refractivity contribution is 5.85. The molecule has 4 heterocycles. The van der Waals surface area contributed by atoms with Crippen molar-refractivity contribution < 1.29 is 0 Å². The summed E-state index contributed by atoms with van der Waals surface area (Å²) in [6.07, 6.45) is 12.5. The lowest BCUT2D eigenvalue weighted by Crippen LogP contribution is -2.07. The second-order valence-electron chi connectivity index (χ2n) is 11.8. The van der Waals surface area contributed by atoms with Crippen LogP contribution in [0.1, 0.15) is 25.7 Å².